The molecule has 15 heavy (non-hydrogen) atoms. The van der Waals surface area contributed by atoms with Gasteiger partial charge in [0.1, 0.15) is 0 Å². The van der Waals surface area contributed by atoms with E-state index in [2.05, 4.69) is 4.99 Å². The first-order valence-corrected chi connectivity index (χ1v) is 5.33. The van der Waals surface area contributed by atoms with Gasteiger partial charge in [0.25, 0.3) is 0 Å². The van der Waals surface area contributed by atoms with Crippen LogP contribution in [0.4, 0.5) is 0 Å². The summed E-state index contributed by atoms with van der Waals surface area (Å²) in [4.78, 5) is 14.3. The molecule has 1 aromatic carbocycles. The molecule has 1 aromatic rings. The Bertz CT molecular complexity index is 457. The lowest BCUT2D eigenvalue weighted by molar-refractivity contribution is 0.556. The van der Waals surface area contributed by atoms with Gasteiger partial charge in [0.05, 0.1) is 5.54 Å². The predicted octanol–water partition coefficient (Wildman–Crippen LogP) is 3.28. The maximum atomic E-state index is 10.4. The lowest BCUT2D eigenvalue weighted by Gasteiger charge is -2.13. The van der Waals surface area contributed by atoms with Gasteiger partial charge in [0.2, 0.25) is 6.08 Å². The molecule has 78 valence electrons. The molecule has 0 atom stereocenters. The Balaban J connectivity index is 2.54. The average molecular weight is 222 g/mol. The van der Waals surface area contributed by atoms with Crippen LogP contribution in [0.1, 0.15) is 29.5 Å². The van der Waals surface area contributed by atoms with Crippen molar-refractivity contribution in [2.24, 2.45) is 4.99 Å². The van der Waals surface area contributed by atoms with Crippen LogP contribution in [0.2, 0.25) is 5.02 Å². The topological polar surface area (TPSA) is 29.4 Å². The van der Waals surface area contributed by atoms with Gasteiger partial charge in [-0.2, -0.15) is 4.99 Å². The van der Waals surface area contributed by atoms with Crippen molar-refractivity contribution in [3.63, 3.8) is 0 Å². The summed E-state index contributed by atoms with van der Waals surface area (Å²) in [5.41, 5.74) is 2.96. The number of aliphatic imine (C=N–C) groups is 1. The Morgan fingerprint density at radius 3 is 2.53 bits per heavy atom. The van der Waals surface area contributed by atoms with E-state index < -0.39 is 0 Å². The molecule has 0 aromatic heterocycles. The zero-order valence-corrected chi connectivity index (χ0v) is 9.56. The monoisotopic (exact) mass is 221 g/mol. The van der Waals surface area contributed by atoms with Crippen molar-refractivity contribution in [2.75, 3.05) is 0 Å². The van der Waals surface area contributed by atoms with Crippen molar-refractivity contribution in [2.45, 2.75) is 32.2 Å². The molecule has 0 radical (unpaired) electrons. The number of halogens is 1. The van der Waals surface area contributed by atoms with Crippen molar-refractivity contribution in [1.82, 2.24) is 0 Å². The minimum Gasteiger partial charge on any atom is -0.211 e. The number of isocyanates is 1. The van der Waals surface area contributed by atoms with Crippen LogP contribution < -0.4 is 0 Å². The average Bonchev–Trinajstić information content (AvgIpc) is 2.93. The van der Waals surface area contributed by atoms with Crippen molar-refractivity contribution < 1.29 is 4.79 Å². The van der Waals surface area contributed by atoms with Gasteiger partial charge >= 0.3 is 0 Å². The first kappa shape index (κ1) is 10.4. The summed E-state index contributed by atoms with van der Waals surface area (Å²) in [6.45, 7) is 4.00. The molecule has 1 aliphatic carbocycles. The standard InChI is InChI=1S/C12H12ClNO/c1-8-5-9(2)11(13)6-10(8)12(3-4-12)14-7-15/h5-6H,3-4H2,1-2H3. The second kappa shape index (κ2) is 3.48. The van der Waals surface area contributed by atoms with Gasteiger partial charge in [-0.15, -0.1) is 0 Å². The Kier molecular flexibility index (Phi) is 2.41. The summed E-state index contributed by atoms with van der Waals surface area (Å²) in [6.07, 6.45) is 3.50. The summed E-state index contributed by atoms with van der Waals surface area (Å²) in [6, 6.07) is 3.97. The molecular formula is C12H12ClNO. The molecule has 1 fully saturated rings. The van der Waals surface area contributed by atoms with E-state index in [0.29, 0.717) is 0 Å². The predicted molar refractivity (Wildman–Crippen MR) is 60.0 cm³/mol. The van der Waals surface area contributed by atoms with Crippen LogP contribution in [0.5, 0.6) is 0 Å². The highest BCUT2D eigenvalue weighted by Gasteiger charge is 2.45. The molecule has 0 aliphatic heterocycles. The van der Waals surface area contributed by atoms with Crippen molar-refractivity contribution >= 4 is 17.7 Å². The lowest BCUT2D eigenvalue weighted by atomic mass is 9.98. The minimum atomic E-state index is -0.316. The van der Waals surface area contributed by atoms with E-state index in [0.717, 1.165) is 34.6 Å². The van der Waals surface area contributed by atoms with E-state index in [9.17, 15) is 4.79 Å². The number of benzene rings is 1. The molecule has 0 unspecified atom stereocenters. The molecule has 1 saturated carbocycles. The molecule has 0 bridgehead atoms. The molecule has 1 aliphatic rings. The highest BCUT2D eigenvalue weighted by Crippen LogP contribution is 2.51. The van der Waals surface area contributed by atoms with Gasteiger partial charge in [-0.1, -0.05) is 17.7 Å². The van der Waals surface area contributed by atoms with Gasteiger partial charge in [-0.25, -0.2) is 4.79 Å². The fourth-order valence-corrected chi connectivity index (χ4v) is 2.14. The molecule has 0 amide bonds. The smallest absolute Gasteiger partial charge is 0.211 e. The van der Waals surface area contributed by atoms with Crippen LogP contribution >= 0.6 is 11.6 Å². The molecule has 0 N–H and O–H groups in total. The van der Waals surface area contributed by atoms with E-state index in [1.807, 2.05) is 26.0 Å². The third kappa shape index (κ3) is 1.71. The van der Waals surface area contributed by atoms with E-state index >= 15 is 0 Å². The lowest BCUT2D eigenvalue weighted by Crippen LogP contribution is -2.05. The van der Waals surface area contributed by atoms with Crippen LogP contribution in [0.3, 0.4) is 0 Å². The van der Waals surface area contributed by atoms with Crippen molar-refractivity contribution in [3.8, 4) is 0 Å². The van der Waals surface area contributed by atoms with Crippen LogP contribution in [0, 0.1) is 13.8 Å². The quantitative estimate of drug-likeness (QED) is 0.557. The highest BCUT2D eigenvalue weighted by atomic mass is 35.5. The number of hydrogen-bond acceptors (Lipinski definition) is 2. The van der Waals surface area contributed by atoms with E-state index in [1.54, 1.807) is 6.08 Å². The van der Waals surface area contributed by atoms with Gasteiger partial charge in [0.15, 0.2) is 0 Å². The van der Waals surface area contributed by atoms with Gasteiger partial charge < -0.3 is 0 Å². The normalized spacial score (nSPS) is 17.0. The number of rotatable bonds is 2. The third-order valence-corrected chi connectivity index (χ3v) is 3.40. The summed E-state index contributed by atoms with van der Waals surface area (Å²) >= 11 is 6.08. The number of aryl methyl sites for hydroxylation is 2. The number of nitrogens with zero attached hydrogens (tertiary/aromatic N) is 1. The molecule has 3 heteroatoms. The SMILES string of the molecule is Cc1cc(C)c(C2(N=C=O)CC2)cc1Cl. The van der Waals surface area contributed by atoms with Crippen molar-refractivity contribution in [1.29, 1.82) is 0 Å². The zero-order valence-electron chi connectivity index (χ0n) is 8.80. The fourth-order valence-electron chi connectivity index (χ4n) is 1.97. The summed E-state index contributed by atoms with van der Waals surface area (Å²) in [5, 5.41) is 0.739. The maximum Gasteiger partial charge on any atom is 0.235 e. The van der Waals surface area contributed by atoms with E-state index in [-0.39, 0.29) is 5.54 Å². The first-order valence-electron chi connectivity index (χ1n) is 4.95. The van der Waals surface area contributed by atoms with Crippen LogP contribution in [0.25, 0.3) is 0 Å². The number of hydrogen-bond donors (Lipinski definition) is 0. The van der Waals surface area contributed by atoms with E-state index in [1.165, 1.54) is 0 Å². The van der Waals surface area contributed by atoms with E-state index in [4.69, 9.17) is 11.6 Å². The Morgan fingerprint density at radius 2 is 2.00 bits per heavy atom. The van der Waals surface area contributed by atoms with Crippen LogP contribution in [-0.2, 0) is 10.3 Å². The zero-order chi connectivity index (χ0) is 11.1. The first-order chi connectivity index (χ1) is 7.09. The Morgan fingerprint density at radius 1 is 1.33 bits per heavy atom. The Labute approximate surface area is 94.0 Å². The molecule has 0 heterocycles. The second-order valence-corrected chi connectivity index (χ2v) is 4.56. The molecule has 0 spiro atoms. The third-order valence-electron chi connectivity index (χ3n) is 2.99. The van der Waals surface area contributed by atoms with Gasteiger partial charge in [-0.05, 0) is 49.4 Å². The maximum absolute atomic E-state index is 10.4. The summed E-state index contributed by atoms with van der Waals surface area (Å²) in [5.74, 6) is 0. The largest absolute Gasteiger partial charge is 0.235 e. The highest BCUT2D eigenvalue weighted by molar-refractivity contribution is 6.31. The van der Waals surface area contributed by atoms with Gasteiger partial charge in [0, 0.05) is 5.02 Å². The summed E-state index contributed by atoms with van der Waals surface area (Å²) < 4.78 is 0. The molecule has 0 saturated heterocycles. The van der Waals surface area contributed by atoms with Crippen molar-refractivity contribution in [3.05, 3.63) is 33.8 Å². The fraction of sp³-hybridized carbons (Fsp3) is 0.417. The molecule has 2 rings (SSSR count). The van der Waals surface area contributed by atoms with Crippen LogP contribution in [-0.4, -0.2) is 6.08 Å². The van der Waals surface area contributed by atoms with Gasteiger partial charge in [-0.3, -0.25) is 0 Å². The number of carbonyl (C=O) groups excluding carboxylic acids is 1. The summed E-state index contributed by atoms with van der Waals surface area (Å²) in [7, 11) is 0. The minimum absolute atomic E-state index is 0.316. The second-order valence-electron chi connectivity index (χ2n) is 4.15. The molecule has 2 nitrogen and oxygen atoms in total. The molecular weight excluding hydrogens is 210 g/mol. The Hall–Kier alpha value is -1.11. The van der Waals surface area contributed by atoms with Crippen LogP contribution in [0.15, 0.2) is 17.1 Å².